The van der Waals surface area contributed by atoms with E-state index in [1.54, 1.807) is 0 Å². The molecule has 24 heavy (non-hydrogen) atoms. The molecule has 4 N–H and O–H groups in total. The van der Waals surface area contributed by atoms with Crippen molar-refractivity contribution >= 4 is 22.8 Å². The molecule has 1 aliphatic carbocycles. The van der Waals surface area contributed by atoms with Gasteiger partial charge in [-0.25, -0.2) is 4.79 Å². The molecule has 1 aromatic carbocycles. The van der Waals surface area contributed by atoms with E-state index in [1.807, 2.05) is 44.3 Å². The molecule has 1 atom stereocenters. The third-order valence-electron chi connectivity index (χ3n) is 4.06. The van der Waals surface area contributed by atoms with E-state index in [4.69, 9.17) is 0 Å². The van der Waals surface area contributed by atoms with Crippen LogP contribution in [-0.2, 0) is 11.2 Å². The molecule has 1 aliphatic rings. The number of fused-ring (bicyclic) bond motifs is 1. The van der Waals surface area contributed by atoms with Crippen LogP contribution in [0.1, 0.15) is 32.3 Å². The van der Waals surface area contributed by atoms with Crippen molar-refractivity contribution in [1.82, 2.24) is 20.9 Å². The number of benzene rings is 1. The summed E-state index contributed by atoms with van der Waals surface area (Å²) >= 11 is 0. The molecule has 1 heterocycles. The number of rotatable bonds is 6. The highest BCUT2D eigenvalue weighted by molar-refractivity contribution is 5.89. The Balaban J connectivity index is 1.74. The Labute approximate surface area is 141 Å². The predicted octanol–water partition coefficient (Wildman–Crippen LogP) is 2.07. The summed E-state index contributed by atoms with van der Waals surface area (Å²) in [5.41, 5.74) is 2.04. The van der Waals surface area contributed by atoms with Crippen LogP contribution in [0.5, 0.6) is 0 Å². The van der Waals surface area contributed by atoms with E-state index in [0.29, 0.717) is 6.42 Å². The van der Waals surface area contributed by atoms with Crippen LogP contribution < -0.4 is 16.0 Å². The minimum absolute atomic E-state index is 0.0243. The fraction of sp³-hybridized carbons (Fsp3) is 0.444. The van der Waals surface area contributed by atoms with Gasteiger partial charge in [0.05, 0.1) is 0 Å². The van der Waals surface area contributed by atoms with Crippen LogP contribution in [0.3, 0.4) is 0 Å². The van der Waals surface area contributed by atoms with E-state index in [9.17, 15) is 9.59 Å². The molecular formula is C18H24N4O2. The van der Waals surface area contributed by atoms with Crippen molar-refractivity contribution in [1.29, 1.82) is 0 Å². The van der Waals surface area contributed by atoms with Crippen LogP contribution >= 0.6 is 0 Å². The summed E-state index contributed by atoms with van der Waals surface area (Å²) in [6.07, 6.45) is 4.37. The van der Waals surface area contributed by atoms with Crippen molar-refractivity contribution in [3.63, 3.8) is 0 Å². The van der Waals surface area contributed by atoms with Crippen LogP contribution in [0.15, 0.2) is 30.5 Å². The van der Waals surface area contributed by atoms with Crippen molar-refractivity contribution in [2.45, 2.75) is 51.2 Å². The summed E-state index contributed by atoms with van der Waals surface area (Å²) in [5, 5.41) is 9.65. The average Bonchev–Trinajstić information content (AvgIpc) is 3.25. The molecule has 128 valence electrons. The number of aromatic amines is 1. The molecule has 3 rings (SSSR count). The van der Waals surface area contributed by atoms with Crippen molar-refractivity contribution in [2.75, 3.05) is 0 Å². The van der Waals surface area contributed by atoms with Gasteiger partial charge < -0.3 is 20.9 Å². The lowest BCUT2D eigenvalue weighted by atomic mass is 10.0. The van der Waals surface area contributed by atoms with Crippen LogP contribution in [-0.4, -0.2) is 35.0 Å². The minimum atomic E-state index is -0.606. The molecule has 0 spiro atoms. The first-order valence-electron chi connectivity index (χ1n) is 8.45. The summed E-state index contributed by atoms with van der Waals surface area (Å²) in [4.78, 5) is 27.8. The first-order chi connectivity index (χ1) is 11.5. The van der Waals surface area contributed by atoms with Crippen LogP contribution in [0.25, 0.3) is 10.9 Å². The standard InChI is InChI=1S/C18H24N4O2/c1-11(2)20-17(23)16(22-18(24)21-13-7-8-13)9-12-10-19-15-6-4-3-5-14(12)15/h3-6,10-11,13,16,19H,7-9H2,1-2H3,(H,20,23)(H2,21,22,24)/t16-/m0/s1. The number of H-pyrrole nitrogens is 1. The Morgan fingerprint density at radius 1 is 1.21 bits per heavy atom. The molecule has 0 unspecified atom stereocenters. The summed E-state index contributed by atoms with van der Waals surface area (Å²) in [6.45, 7) is 3.82. The SMILES string of the molecule is CC(C)NC(=O)[C@H](Cc1c[nH]c2ccccc12)NC(=O)NC1CC1. The summed E-state index contributed by atoms with van der Waals surface area (Å²) in [6, 6.07) is 7.34. The third kappa shape index (κ3) is 4.07. The van der Waals surface area contributed by atoms with E-state index in [0.717, 1.165) is 29.3 Å². The van der Waals surface area contributed by atoms with Gasteiger partial charge in [-0.3, -0.25) is 4.79 Å². The van der Waals surface area contributed by atoms with Crippen LogP contribution in [0.4, 0.5) is 4.79 Å². The molecule has 0 radical (unpaired) electrons. The van der Waals surface area contributed by atoms with Gasteiger partial charge in [0.25, 0.3) is 0 Å². The number of aromatic nitrogens is 1. The van der Waals surface area contributed by atoms with Gasteiger partial charge >= 0.3 is 6.03 Å². The molecule has 0 saturated heterocycles. The molecule has 0 bridgehead atoms. The Morgan fingerprint density at radius 3 is 2.67 bits per heavy atom. The monoisotopic (exact) mass is 328 g/mol. The predicted molar refractivity (Wildman–Crippen MR) is 93.8 cm³/mol. The lowest BCUT2D eigenvalue weighted by molar-refractivity contribution is -0.123. The summed E-state index contributed by atoms with van der Waals surface area (Å²) in [5.74, 6) is -0.166. The zero-order chi connectivity index (χ0) is 17.1. The first-order valence-corrected chi connectivity index (χ1v) is 8.45. The molecule has 2 aromatic rings. The molecule has 6 nitrogen and oxygen atoms in total. The largest absolute Gasteiger partial charge is 0.361 e. The van der Waals surface area contributed by atoms with E-state index < -0.39 is 6.04 Å². The molecule has 6 heteroatoms. The number of urea groups is 1. The molecule has 1 saturated carbocycles. The van der Waals surface area contributed by atoms with Crippen molar-refractivity contribution in [3.8, 4) is 0 Å². The first kappa shape index (κ1) is 16.4. The maximum atomic E-state index is 12.5. The van der Waals surface area contributed by atoms with Gasteiger partial charge in [0.2, 0.25) is 5.91 Å². The minimum Gasteiger partial charge on any atom is -0.361 e. The highest BCUT2D eigenvalue weighted by Crippen LogP contribution is 2.20. The number of hydrogen-bond acceptors (Lipinski definition) is 2. The van der Waals surface area contributed by atoms with Crippen molar-refractivity contribution < 1.29 is 9.59 Å². The second kappa shape index (κ2) is 6.95. The van der Waals surface area contributed by atoms with Gasteiger partial charge in [-0.05, 0) is 38.3 Å². The smallest absolute Gasteiger partial charge is 0.315 e. The Bertz CT molecular complexity index is 733. The molecule has 3 amide bonds. The maximum Gasteiger partial charge on any atom is 0.315 e. The molecule has 0 aliphatic heterocycles. The number of carbonyl (C=O) groups excluding carboxylic acids is 2. The Kier molecular flexibility index (Phi) is 4.74. The van der Waals surface area contributed by atoms with E-state index in [-0.39, 0.29) is 24.0 Å². The van der Waals surface area contributed by atoms with Crippen LogP contribution in [0.2, 0.25) is 0 Å². The Hall–Kier alpha value is -2.50. The van der Waals surface area contributed by atoms with Crippen molar-refractivity contribution in [3.05, 3.63) is 36.0 Å². The van der Waals surface area contributed by atoms with Crippen LogP contribution in [0, 0.1) is 0 Å². The Morgan fingerprint density at radius 2 is 1.96 bits per heavy atom. The topological polar surface area (TPSA) is 86.0 Å². The maximum absolute atomic E-state index is 12.5. The zero-order valence-electron chi connectivity index (χ0n) is 14.1. The lowest BCUT2D eigenvalue weighted by Crippen LogP contribution is -2.52. The summed E-state index contributed by atoms with van der Waals surface area (Å²) < 4.78 is 0. The number of amides is 3. The third-order valence-corrected chi connectivity index (χ3v) is 4.06. The van der Waals surface area contributed by atoms with Gasteiger partial charge in [-0.1, -0.05) is 18.2 Å². The zero-order valence-corrected chi connectivity index (χ0v) is 14.1. The fourth-order valence-corrected chi connectivity index (χ4v) is 2.73. The number of para-hydroxylation sites is 1. The van der Waals surface area contributed by atoms with Gasteiger partial charge in [0.15, 0.2) is 0 Å². The number of carbonyl (C=O) groups is 2. The van der Waals surface area contributed by atoms with Gasteiger partial charge in [-0.15, -0.1) is 0 Å². The van der Waals surface area contributed by atoms with E-state index >= 15 is 0 Å². The molecular weight excluding hydrogens is 304 g/mol. The van der Waals surface area contributed by atoms with Gasteiger partial charge in [-0.2, -0.15) is 0 Å². The van der Waals surface area contributed by atoms with E-state index in [2.05, 4.69) is 20.9 Å². The normalized spacial score (nSPS) is 15.3. The van der Waals surface area contributed by atoms with Gasteiger partial charge in [0.1, 0.15) is 6.04 Å². The lowest BCUT2D eigenvalue weighted by Gasteiger charge is -2.20. The highest BCUT2D eigenvalue weighted by atomic mass is 16.2. The molecule has 1 aromatic heterocycles. The summed E-state index contributed by atoms with van der Waals surface area (Å²) in [7, 11) is 0. The van der Waals surface area contributed by atoms with Crippen molar-refractivity contribution in [2.24, 2.45) is 0 Å². The second-order valence-corrected chi connectivity index (χ2v) is 6.67. The van der Waals surface area contributed by atoms with Gasteiger partial charge in [0, 0.05) is 35.6 Å². The molecule has 1 fully saturated rings. The average molecular weight is 328 g/mol. The quantitative estimate of drug-likeness (QED) is 0.654. The number of hydrogen-bond donors (Lipinski definition) is 4. The second-order valence-electron chi connectivity index (χ2n) is 6.67. The fourth-order valence-electron chi connectivity index (χ4n) is 2.73. The highest BCUT2D eigenvalue weighted by Gasteiger charge is 2.27. The number of nitrogens with one attached hydrogen (secondary N) is 4. The van der Waals surface area contributed by atoms with E-state index in [1.165, 1.54) is 0 Å².